The van der Waals surface area contributed by atoms with Gasteiger partial charge in [0.25, 0.3) is 0 Å². The number of aromatic amines is 1. The van der Waals surface area contributed by atoms with Crippen molar-refractivity contribution >= 4 is 29.0 Å². The molecule has 0 radical (unpaired) electrons. The third-order valence-corrected chi connectivity index (χ3v) is 4.34. The number of imidazole rings is 1. The molecule has 1 amide bonds. The molecular weight excluding hydrogens is 386 g/mol. The van der Waals surface area contributed by atoms with Crippen LogP contribution in [0.1, 0.15) is 11.3 Å². The molecular formula is C20H19N7O3. The standard InChI is InChI=1S/C20H19N7O3/c1-12-8-16(27(26-12)20-18-19(22-10-21-18)23-11-24-20)25-17(28)7-5-13-4-6-14(29-2)9-15(13)30-3/h4-11H,1-3H3,(H,25,28)(H,21,22,23,24)/b7-5+. The van der Waals surface area contributed by atoms with E-state index in [9.17, 15) is 4.79 Å². The minimum absolute atomic E-state index is 0.330. The van der Waals surface area contributed by atoms with Crippen LogP contribution in [0.3, 0.4) is 0 Å². The first-order valence-electron chi connectivity index (χ1n) is 9.01. The molecule has 0 aliphatic rings. The number of nitrogens with one attached hydrogen (secondary N) is 2. The molecule has 152 valence electrons. The highest BCUT2D eigenvalue weighted by atomic mass is 16.5. The number of carbonyl (C=O) groups is 1. The van der Waals surface area contributed by atoms with Gasteiger partial charge >= 0.3 is 0 Å². The number of amides is 1. The summed E-state index contributed by atoms with van der Waals surface area (Å²) in [4.78, 5) is 28.1. The Morgan fingerprint density at radius 2 is 2.03 bits per heavy atom. The summed E-state index contributed by atoms with van der Waals surface area (Å²) in [6, 6.07) is 7.11. The Bertz CT molecular complexity index is 1240. The van der Waals surface area contributed by atoms with Crippen LogP contribution in [0.2, 0.25) is 0 Å². The van der Waals surface area contributed by atoms with Crippen LogP contribution in [0.5, 0.6) is 11.5 Å². The number of ether oxygens (including phenoxy) is 2. The van der Waals surface area contributed by atoms with Crippen molar-refractivity contribution in [2.24, 2.45) is 0 Å². The quantitative estimate of drug-likeness (QED) is 0.473. The monoisotopic (exact) mass is 405 g/mol. The number of nitrogens with zero attached hydrogens (tertiary/aromatic N) is 5. The molecule has 4 rings (SSSR count). The van der Waals surface area contributed by atoms with E-state index in [1.54, 1.807) is 38.5 Å². The first kappa shape index (κ1) is 19.1. The Balaban J connectivity index is 1.59. The molecule has 0 aliphatic heterocycles. The lowest BCUT2D eigenvalue weighted by Gasteiger charge is -2.08. The molecule has 0 aliphatic carbocycles. The van der Waals surface area contributed by atoms with Gasteiger partial charge < -0.3 is 19.8 Å². The minimum atomic E-state index is -0.330. The summed E-state index contributed by atoms with van der Waals surface area (Å²) in [6.07, 6.45) is 6.02. The van der Waals surface area contributed by atoms with Crippen molar-refractivity contribution in [2.45, 2.75) is 6.92 Å². The number of H-pyrrole nitrogens is 1. The number of carbonyl (C=O) groups excluding carboxylic acids is 1. The van der Waals surface area contributed by atoms with Gasteiger partial charge in [0.15, 0.2) is 11.5 Å². The van der Waals surface area contributed by atoms with Gasteiger partial charge in [-0.2, -0.15) is 9.78 Å². The van der Waals surface area contributed by atoms with Crippen molar-refractivity contribution in [2.75, 3.05) is 19.5 Å². The maximum Gasteiger partial charge on any atom is 0.249 e. The van der Waals surface area contributed by atoms with E-state index in [0.29, 0.717) is 34.3 Å². The van der Waals surface area contributed by atoms with Gasteiger partial charge in [-0.05, 0) is 25.1 Å². The van der Waals surface area contributed by atoms with Gasteiger partial charge in [0, 0.05) is 23.8 Å². The van der Waals surface area contributed by atoms with Crippen LogP contribution < -0.4 is 14.8 Å². The van der Waals surface area contributed by atoms with E-state index < -0.39 is 0 Å². The molecule has 0 saturated heterocycles. The van der Waals surface area contributed by atoms with E-state index in [-0.39, 0.29) is 5.91 Å². The fraction of sp³-hybridized carbons (Fsp3) is 0.150. The Labute approximate surface area is 171 Å². The Morgan fingerprint density at radius 3 is 2.83 bits per heavy atom. The average Bonchev–Trinajstić information content (AvgIpc) is 3.38. The van der Waals surface area contributed by atoms with Crippen LogP contribution in [0.25, 0.3) is 23.1 Å². The highest BCUT2D eigenvalue weighted by Crippen LogP contribution is 2.26. The first-order chi connectivity index (χ1) is 14.6. The van der Waals surface area contributed by atoms with Crippen molar-refractivity contribution < 1.29 is 14.3 Å². The van der Waals surface area contributed by atoms with E-state index in [0.717, 1.165) is 11.3 Å². The lowest BCUT2D eigenvalue weighted by atomic mass is 10.1. The molecule has 4 aromatic rings. The third-order valence-electron chi connectivity index (χ3n) is 4.34. The van der Waals surface area contributed by atoms with E-state index in [2.05, 4.69) is 30.4 Å². The summed E-state index contributed by atoms with van der Waals surface area (Å²) < 4.78 is 12.1. The van der Waals surface area contributed by atoms with Gasteiger partial charge in [-0.1, -0.05) is 0 Å². The number of hydrogen-bond acceptors (Lipinski definition) is 7. The first-order valence-corrected chi connectivity index (χ1v) is 9.01. The number of aryl methyl sites for hydroxylation is 1. The molecule has 0 unspecified atom stereocenters. The highest BCUT2D eigenvalue weighted by Gasteiger charge is 2.15. The molecule has 2 N–H and O–H groups in total. The summed E-state index contributed by atoms with van der Waals surface area (Å²) in [5, 5.41) is 7.27. The summed E-state index contributed by atoms with van der Waals surface area (Å²) in [6.45, 7) is 1.83. The fourth-order valence-electron chi connectivity index (χ4n) is 2.95. The summed E-state index contributed by atoms with van der Waals surface area (Å²) in [5.74, 6) is 1.90. The van der Waals surface area contributed by atoms with E-state index in [4.69, 9.17) is 9.47 Å². The molecule has 3 heterocycles. The summed E-state index contributed by atoms with van der Waals surface area (Å²) >= 11 is 0. The molecule has 3 aromatic heterocycles. The van der Waals surface area contributed by atoms with E-state index in [1.165, 1.54) is 23.4 Å². The topological polar surface area (TPSA) is 120 Å². The van der Waals surface area contributed by atoms with Gasteiger partial charge in [-0.25, -0.2) is 15.0 Å². The second-order valence-corrected chi connectivity index (χ2v) is 6.31. The maximum absolute atomic E-state index is 12.6. The number of aromatic nitrogens is 6. The average molecular weight is 405 g/mol. The second-order valence-electron chi connectivity index (χ2n) is 6.31. The molecule has 1 aromatic carbocycles. The van der Waals surface area contributed by atoms with Crippen molar-refractivity contribution in [3.8, 4) is 17.3 Å². The normalized spacial score (nSPS) is 11.2. The van der Waals surface area contributed by atoms with Gasteiger partial charge in [0.2, 0.25) is 5.91 Å². The summed E-state index contributed by atoms with van der Waals surface area (Å²) in [5.41, 5.74) is 2.59. The van der Waals surface area contributed by atoms with Crippen molar-refractivity contribution in [3.63, 3.8) is 0 Å². The van der Waals surface area contributed by atoms with Crippen molar-refractivity contribution in [3.05, 3.63) is 54.3 Å². The molecule has 0 atom stereocenters. The zero-order valence-corrected chi connectivity index (χ0v) is 16.6. The smallest absolute Gasteiger partial charge is 0.249 e. The minimum Gasteiger partial charge on any atom is -0.497 e. The van der Waals surface area contributed by atoms with Gasteiger partial charge in [-0.3, -0.25) is 4.79 Å². The molecule has 0 bridgehead atoms. The maximum atomic E-state index is 12.6. The number of benzene rings is 1. The van der Waals surface area contributed by atoms with Gasteiger partial charge in [0.1, 0.15) is 29.2 Å². The third kappa shape index (κ3) is 3.70. The zero-order chi connectivity index (χ0) is 21.1. The number of hydrogen-bond donors (Lipinski definition) is 2. The molecule has 10 heteroatoms. The predicted molar refractivity (Wildman–Crippen MR) is 111 cm³/mol. The van der Waals surface area contributed by atoms with Crippen LogP contribution in [-0.2, 0) is 4.79 Å². The molecule has 10 nitrogen and oxygen atoms in total. The molecule has 0 fully saturated rings. The number of rotatable bonds is 6. The molecule has 0 saturated carbocycles. The van der Waals surface area contributed by atoms with Gasteiger partial charge in [-0.15, -0.1) is 0 Å². The largest absolute Gasteiger partial charge is 0.497 e. The van der Waals surface area contributed by atoms with Crippen molar-refractivity contribution in [1.82, 2.24) is 29.7 Å². The Hall–Kier alpha value is -4.21. The lowest BCUT2D eigenvalue weighted by molar-refractivity contribution is -0.111. The SMILES string of the molecule is COc1ccc(/C=C/C(=O)Nc2cc(C)nn2-c2ncnc3nc[nH]c23)c(OC)c1. The number of anilines is 1. The molecule has 0 spiro atoms. The van der Waals surface area contributed by atoms with E-state index in [1.807, 2.05) is 13.0 Å². The Morgan fingerprint density at radius 1 is 1.17 bits per heavy atom. The van der Waals surface area contributed by atoms with Crippen LogP contribution >= 0.6 is 0 Å². The Kier molecular flexibility index (Phi) is 5.12. The lowest BCUT2D eigenvalue weighted by Crippen LogP contribution is -2.13. The number of fused-ring (bicyclic) bond motifs is 1. The van der Waals surface area contributed by atoms with Crippen LogP contribution in [0.15, 0.2) is 43.0 Å². The molecule has 30 heavy (non-hydrogen) atoms. The van der Waals surface area contributed by atoms with Crippen LogP contribution in [-0.4, -0.2) is 49.8 Å². The predicted octanol–water partition coefficient (Wildman–Crippen LogP) is 2.52. The highest BCUT2D eigenvalue weighted by molar-refractivity contribution is 6.02. The summed E-state index contributed by atoms with van der Waals surface area (Å²) in [7, 11) is 3.14. The van der Waals surface area contributed by atoms with Gasteiger partial charge in [0.05, 0.1) is 26.2 Å². The van der Waals surface area contributed by atoms with E-state index >= 15 is 0 Å². The van der Waals surface area contributed by atoms with Crippen LogP contribution in [0, 0.1) is 6.92 Å². The zero-order valence-electron chi connectivity index (χ0n) is 16.6. The van der Waals surface area contributed by atoms with Crippen molar-refractivity contribution in [1.29, 1.82) is 0 Å². The van der Waals surface area contributed by atoms with Crippen LogP contribution in [0.4, 0.5) is 5.82 Å². The second kappa shape index (κ2) is 8.03. The number of methoxy groups -OCH3 is 2. The fourth-order valence-corrected chi connectivity index (χ4v) is 2.95.